The number of nitrogens with one attached hydrogen (secondary N) is 2. The van der Waals surface area contributed by atoms with E-state index >= 15 is 0 Å². The molecule has 0 unspecified atom stereocenters. The van der Waals surface area contributed by atoms with Crippen molar-refractivity contribution in [2.24, 2.45) is 0 Å². The van der Waals surface area contributed by atoms with Crippen LogP contribution in [-0.2, 0) is 6.54 Å². The lowest BCUT2D eigenvalue weighted by Gasteiger charge is -2.19. The number of fused-ring (bicyclic) bond motifs is 1. The maximum Gasteiger partial charge on any atom is 0.225 e. The zero-order valence-electron chi connectivity index (χ0n) is 18.4. The molecule has 0 spiro atoms. The molecular formula is C23H31N5O3. The number of ether oxygens (including phenoxy) is 2. The molecule has 0 aliphatic carbocycles. The first-order valence-corrected chi connectivity index (χ1v) is 10.6. The zero-order chi connectivity index (χ0) is 22.1. The van der Waals surface area contributed by atoms with Gasteiger partial charge in [0.05, 0.1) is 19.7 Å². The Kier molecular flexibility index (Phi) is 8.23. The number of pyridine rings is 1. The van der Waals surface area contributed by atoms with Gasteiger partial charge in [-0.05, 0) is 37.1 Å². The molecule has 166 valence electrons. The van der Waals surface area contributed by atoms with Crippen LogP contribution in [0, 0.1) is 0 Å². The van der Waals surface area contributed by atoms with E-state index in [2.05, 4.69) is 27.5 Å². The number of aliphatic hydroxyl groups excluding tert-OH is 1. The second kappa shape index (κ2) is 11.3. The molecule has 8 heteroatoms. The summed E-state index contributed by atoms with van der Waals surface area (Å²) >= 11 is 0. The number of hydrogen-bond acceptors (Lipinski definition) is 8. The lowest BCUT2D eigenvalue weighted by molar-refractivity contribution is 0.276. The normalized spacial score (nSPS) is 11.9. The second-order valence-corrected chi connectivity index (χ2v) is 7.29. The number of aromatic nitrogens is 3. The molecule has 0 fully saturated rings. The van der Waals surface area contributed by atoms with Crippen LogP contribution in [0.1, 0.15) is 38.2 Å². The first-order chi connectivity index (χ1) is 15.2. The molecule has 0 amide bonds. The number of benzene rings is 1. The Morgan fingerprint density at radius 1 is 1.10 bits per heavy atom. The molecule has 0 aliphatic rings. The molecule has 0 aliphatic heterocycles. The van der Waals surface area contributed by atoms with Crippen molar-refractivity contribution < 1.29 is 14.6 Å². The van der Waals surface area contributed by atoms with E-state index in [1.807, 2.05) is 30.3 Å². The van der Waals surface area contributed by atoms with Gasteiger partial charge in [0.2, 0.25) is 5.95 Å². The van der Waals surface area contributed by atoms with Crippen LogP contribution in [0.25, 0.3) is 11.0 Å². The Hall–Kier alpha value is -3.13. The van der Waals surface area contributed by atoms with Crippen molar-refractivity contribution in [2.45, 2.75) is 45.2 Å². The highest BCUT2D eigenvalue weighted by Crippen LogP contribution is 2.26. The molecule has 0 radical (unpaired) electrons. The minimum absolute atomic E-state index is 0.125. The summed E-state index contributed by atoms with van der Waals surface area (Å²) in [5.41, 5.74) is 2.44. The van der Waals surface area contributed by atoms with Crippen LogP contribution in [0.15, 0.2) is 36.5 Å². The van der Waals surface area contributed by atoms with Crippen molar-refractivity contribution in [2.75, 3.05) is 31.5 Å². The number of hydrogen-bond donors (Lipinski definition) is 3. The predicted molar refractivity (Wildman–Crippen MR) is 123 cm³/mol. The molecule has 2 aromatic heterocycles. The number of aliphatic hydroxyl groups is 1. The average molecular weight is 426 g/mol. The number of rotatable bonds is 12. The molecular weight excluding hydrogens is 394 g/mol. The standard InChI is InChI=1S/C23H31N5O3/c1-4-5-7-17(11-13-29)26-22-21-19(8-6-12-24-21)27-23(28-22)25-15-16-9-10-18(30-2)14-20(16)31-3/h6,8-10,12,14,17,29H,4-5,7,11,13,15H2,1-3H3,(H2,25,26,27,28)/t17-/m1/s1. The molecule has 2 heterocycles. The molecule has 31 heavy (non-hydrogen) atoms. The third-order valence-corrected chi connectivity index (χ3v) is 5.11. The lowest BCUT2D eigenvalue weighted by Crippen LogP contribution is -2.22. The van der Waals surface area contributed by atoms with E-state index < -0.39 is 0 Å². The van der Waals surface area contributed by atoms with Crippen molar-refractivity contribution in [1.82, 2.24) is 15.0 Å². The topological polar surface area (TPSA) is 101 Å². The van der Waals surface area contributed by atoms with Gasteiger partial charge in [-0.1, -0.05) is 19.8 Å². The number of methoxy groups -OCH3 is 2. The summed E-state index contributed by atoms with van der Waals surface area (Å²) in [5, 5.41) is 16.2. The minimum atomic E-state index is 0.125. The Bertz CT molecular complexity index is 983. The van der Waals surface area contributed by atoms with Crippen LogP contribution in [-0.4, -0.2) is 46.9 Å². The van der Waals surface area contributed by atoms with Crippen molar-refractivity contribution >= 4 is 22.8 Å². The van der Waals surface area contributed by atoms with E-state index in [1.54, 1.807) is 20.4 Å². The molecule has 0 saturated carbocycles. The quantitative estimate of drug-likeness (QED) is 0.400. The molecule has 8 nitrogen and oxygen atoms in total. The fraction of sp³-hybridized carbons (Fsp3) is 0.435. The van der Waals surface area contributed by atoms with E-state index in [-0.39, 0.29) is 12.6 Å². The lowest BCUT2D eigenvalue weighted by atomic mass is 10.1. The van der Waals surface area contributed by atoms with Gasteiger partial charge in [0.15, 0.2) is 5.82 Å². The van der Waals surface area contributed by atoms with Gasteiger partial charge < -0.3 is 25.2 Å². The highest BCUT2D eigenvalue weighted by Gasteiger charge is 2.14. The van der Waals surface area contributed by atoms with E-state index in [9.17, 15) is 5.11 Å². The maximum absolute atomic E-state index is 9.46. The third-order valence-electron chi connectivity index (χ3n) is 5.11. The van der Waals surface area contributed by atoms with Gasteiger partial charge in [-0.25, -0.2) is 4.98 Å². The highest BCUT2D eigenvalue weighted by molar-refractivity contribution is 5.86. The van der Waals surface area contributed by atoms with E-state index in [1.165, 1.54) is 0 Å². The second-order valence-electron chi connectivity index (χ2n) is 7.29. The Morgan fingerprint density at radius 2 is 1.97 bits per heavy atom. The van der Waals surface area contributed by atoms with Crippen molar-refractivity contribution in [3.63, 3.8) is 0 Å². The Morgan fingerprint density at radius 3 is 2.71 bits per heavy atom. The minimum Gasteiger partial charge on any atom is -0.497 e. The summed E-state index contributed by atoms with van der Waals surface area (Å²) in [5.74, 6) is 2.64. The summed E-state index contributed by atoms with van der Waals surface area (Å²) in [4.78, 5) is 13.8. The monoisotopic (exact) mass is 425 g/mol. The molecule has 1 atom stereocenters. The molecule has 3 N–H and O–H groups in total. The van der Waals surface area contributed by atoms with Crippen molar-refractivity contribution in [3.05, 3.63) is 42.1 Å². The summed E-state index contributed by atoms with van der Waals surface area (Å²) in [7, 11) is 3.26. The summed E-state index contributed by atoms with van der Waals surface area (Å²) < 4.78 is 10.7. The van der Waals surface area contributed by atoms with Gasteiger partial charge >= 0.3 is 0 Å². The van der Waals surface area contributed by atoms with E-state index in [0.717, 1.165) is 47.4 Å². The van der Waals surface area contributed by atoms with Gasteiger partial charge in [-0.3, -0.25) is 4.98 Å². The van der Waals surface area contributed by atoms with Crippen LogP contribution in [0.4, 0.5) is 11.8 Å². The average Bonchev–Trinajstić information content (AvgIpc) is 2.81. The summed E-state index contributed by atoms with van der Waals surface area (Å²) in [6.07, 6.45) is 5.53. The third kappa shape index (κ3) is 5.95. The molecule has 3 aromatic rings. The van der Waals surface area contributed by atoms with E-state index in [4.69, 9.17) is 14.5 Å². The van der Waals surface area contributed by atoms with Gasteiger partial charge in [0.1, 0.15) is 17.0 Å². The molecule has 1 aromatic carbocycles. The SMILES string of the molecule is CCCC[C@H](CCO)Nc1nc(NCc2ccc(OC)cc2OC)nc2cccnc12. The van der Waals surface area contributed by atoms with Gasteiger partial charge in [0.25, 0.3) is 0 Å². The van der Waals surface area contributed by atoms with Gasteiger partial charge in [-0.15, -0.1) is 0 Å². The largest absolute Gasteiger partial charge is 0.497 e. The number of nitrogens with zero attached hydrogens (tertiary/aromatic N) is 3. The van der Waals surface area contributed by atoms with Crippen molar-refractivity contribution in [3.8, 4) is 11.5 Å². The van der Waals surface area contributed by atoms with Crippen LogP contribution in [0.5, 0.6) is 11.5 Å². The smallest absolute Gasteiger partial charge is 0.225 e. The molecule has 3 rings (SSSR count). The fourth-order valence-corrected chi connectivity index (χ4v) is 3.41. The first-order valence-electron chi connectivity index (χ1n) is 10.6. The van der Waals surface area contributed by atoms with Gasteiger partial charge in [-0.2, -0.15) is 4.98 Å². The summed E-state index contributed by atoms with van der Waals surface area (Å²) in [6, 6.07) is 9.60. The highest BCUT2D eigenvalue weighted by atomic mass is 16.5. The molecule has 0 saturated heterocycles. The van der Waals surface area contributed by atoms with Crippen molar-refractivity contribution in [1.29, 1.82) is 0 Å². The first kappa shape index (κ1) is 22.6. The van der Waals surface area contributed by atoms with Crippen LogP contribution >= 0.6 is 0 Å². The predicted octanol–water partition coefficient (Wildman–Crippen LogP) is 4.01. The Balaban J connectivity index is 1.84. The zero-order valence-corrected chi connectivity index (χ0v) is 18.4. The molecule has 0 bridgehead atoms. The van der Waals surface area contributed by atoms with E-state index in [0.29, 0.717) is 24.7 Å². The van der Waals surface area contributed by atoms with Crippen LogP contribution < -0.4 is 20.1 Å². The number of anilines is 2. The number of unbranched alkanes of at least 4 members (excludes halogenated alkanes) is 1. The van der Waals surface area contributed by atoms with Gasteiger partial charge in [0, 0.05) is 37.0 Å². The summed E-state index contributed by atoms with van der Waals surface area (Å²) in [6.45, 7) is 2.78. The van der Waals surface area contributed by atoms with Crippen LogP contribution in [0.3, 0.4) is 0 Å². The maximum atomic E-state index is 9.46. The van der Waals surface area contributed by atoms with Crippen LogP contribution in [0.2, 0.25) is 0 Å². The fourth-order valence-electron chi connectivity index (χ4n) is 3.41. The Labute approximate surface area is 183 Å².